The lowest BCUT2D eigenvalue weighted by atomic mass is 10.1. The van der Waals surface area contributed by atoms with Crippen LogP contribution >= 0.6 is 0 Å². The lowest BCUT2D eigenvalue weighted by Crippen LogP contribution is -2.11. The molecule has 0 unspecified atom stereocenters. The number of aromatic nitrogens is 3. The van der Waals surface area contributed by atoms with Crippen LogP contribution in [0.3, 0.4) is 0 Å². The monoisotopic (exact) mass is 374 g/mol. The Bertz CT molecular complexity index is 1010. The van der Waals surface area contributed by atoms with Gasteiger partial charge in [-0.3, -0.25) is 0 Å². The number of nitrogens with zero attached hydrogens (tertiary/aromatic N) is 4. The Morgan fingerprint density at radius 3 is 2.57 bits per heavy atom. The Labute approximate surface area is 164 Å². The molecule has 0 aliphatic carbocycles. The zero-order chi connectivity index (χ0) is 20.1. The van der Waals surface area contributed by atoms with Gasteiger partial charge in [-0.15, -0.1) is 0 Å². The zero-order valence-electron chi connectivity index (χ0n) is 16.1. The third-order valence-electron chi connectivity index (χ3n) is 3.88. The van der Waals surface area contributed by atoms with Gasteiger partial charge < -0.3 is 15.8 Å². The van der Waals surface area contributed by atoms with E-state index in [4.69, 9.17) is 10.5 Å². The van der Waals surface area contributed by atoms with E-state index in [1.807, 2.05) is 32.9 Å². The fourth-order valence-corrected chi connectivity index (χ4v) is 2.65. The van der Waals surface area contributed by atoms with Crippen LogP contribution in [-0.4, -0.2) is 21.0 Å². The van der Waals surface area contributed by atoms with Gasteiger partial charge in [0, 0.05) is 48.4 Å². The van der Waals surface area contributed by atoms with E-state index in [1.165, 1.54) is 0 Å². The van der Waals surface area contributed by atoms with Crippen molar-refractivity contribution in [3.63, 3.8) is 0 Å². The average Bonchev–Trinajstić information content (AvgIpc) is 2.67. The molecular formula is C21H22N6O. The van der Waals surface area contributed by atoms with Crippen molar-refractivity contribution in [2.24, 2.45) is 5.73 Å². The van der Waals surface area contributed by atoms with E-state index in [9.17, 15) is 5.26 Å². The molecule has 1 aromatic carbocycles. The molecule has 3 rings (SSSR count). The Morgan fingerprint density at radius 2 is 1.93 bits per heavy atom. The number of nitriles is 1. The molecule has 0 spiro atoms. The van der Waals surface area contributed by atoms with Crippen molar-refractivity contribution in [2.75, 3.05) is 5.32 Å². The molecule has 28 heavy (non-hydrogen) atoms. The van der Waals surface area contributed by atoms with Crippen LogP contribution in [0.15, 0.2) is 42.7 Å². The highest BCUT2D eigenvalue weighted by Gasteiger charge is 2.13. The number of hydrogen-bond acceptors (Lipinski definition) is 7. The van der Waals surface area contributed by atoms with Crippen molar-refractivity contribution in [1.82, 2.24) is 15.0 Å². The summed E-state index contributed by atoms with van der Waals surface area (Å²) in [5.41, 5.74) is 8.46. The maximum absolute atomic E-state index is 9.27. The van der Waals surface area contributed by atoms with E-state index >= 15 is 0 Å². The molecule has 142 valence electrons. The lowest BCUT2D eigenvalue weighted by Gasteiger charge is -2.14. The maximum Gasteiger partial charge on any atom is 0.162 e. The lowest BCUT2D eigenvalue weighted by molar-refractivity contribution is 0.483. The summed E-state index contributed by atoms with van der Waals surface area (Å²) in [5, 5.41) is 12.5. The van der Waals surface area contributed by atoms with Gasteiger partial charge in [0.15, 0.2) is 5.82 Å². The van der Waals surface area contributed by atoms with E-state index < -0.39 is 0 Å². The van der Waals surface area contributed by atoms with Crippen molar-refractivity contribution in [2.45, 2.75) is 33.4 Å². The number of nitrogens with two attached hydrogens (primary N) is 1. The molecule has 3 N–H and O–H groups in total. The summed E-state index contributed by atoms with van der Waals surface area (Å²) in [6, 6.07) is 11.2. The fourth-order valence-electron chi connectivity index (χ4n) is 2.65. The first-order valence-corrected chi connectivity index (χ1v) is 8.97. The first-order chi connectivity index (χ1) is 13.5. The summed E-state index contributed by atoms with van der Waals surface area (Å²) in [5.74, 6) is 2.35. The van der Waals surface area contributed by atoms with Gasteiger partial charge in [-0.2, -0.15) is 5.26 Å². The zero-order valence-corrected chi connectivity index (χ0v) is 16.1. The number of benzene rings is 1. The minimum absolute atomic E-state index is 0.245. The number of rotatable bonds is 6. The Morgan fingerprint density at radius 1 is 1.18 bits per heavy atom. The number of anilines is 1. The van der Waals surface area contributed by atoms with Gasteiger partial charge in [-0.05, 0) is 39.0 Å². The molecule has 3 aromatic rings. The molecule has 0 saturated carbocycles. The molecular weight excluding hydrogens is 352 g/mol. The SMILES string of the molecule is Cc1cc(Oc2cc(C#N)ccc2-c2ncc(CN)cn2)cc(NC(C)C)n1. The van der Waals surface area contributed by atoms with Gasteiger partial charge in [0.1, 0.15) is 17.3 Å². The van der Waals surface area contributed by atoms with E-state index in [2.05, 4.69) is 26.3 Å². The number of nitrogens with one attached hydrogen (secondary N) is 1. The summed E-state index contributed by atoms with van der Waals surface area (Å²) >= 11 is 0. The quantitative estimate of drug-likeness (QED) is 0.675. The summed E-state index contributed by atoms with van der Waals surface area (Å²) in [6.45, 7) is 6.36. The van der Waals surface area contributed by atoms with Crippen LogP contribution in [0.1, 0.15) is 30.7 Å². The summed E-state index contributed by atoms with van der Waals surface area (Å²) in [4.78, 5) is 13.2. The van der Waals surface area contributed by atoms with Crippen LogP contribution in [0.4, 0.5) is 5.82 Å². The molecule has 2 heterocycles. The predicted octanol–water partition coefficient (Wildman–Crippen LogP) is 3.79. The molecule has 0 aliphatic rings. The number of ether oxygens (including phenoxy) is 1. The second-order valence-electron chi connectivity index (χ2n) is 6.67. The fraction of sp³-hybridized carbons (Fsp3) is 0.238. The topological polar surface area (TPSA) is 110 Å². The van der Waals surface area contributed by atoms with Crippen LogP contribution < -0.4 is 15.8 Å². The van der Waals surface area contributed by atoms with E-state index in [-0.39, 0.29) is 6.04 Å². The maximum atomic E-state index is 9.27. The Hall–Kier alpha value is -3.50. The highest BCUT2D eigenvalue weighted by molar-refractivity contribution is 5.66. The van der Waals surface area contributed by atoms with Crippen molar-refractivity contribution in [3.05, 3.63) is 59.5 Å². The normalized spacial score (nSPS) is 10.6. The molecule has 0 bridgehead atoms. The highest BCUT2D eigenvalue weighted by atomic mass is 16.5. The third-order valence-corrected chi connectivity index (χ3v) is 3.88. The van der Waals surface area contributed by atoms with Crippen molar-refractivity contribution in [1.29, 1.82) is 5.26 Å². The second-order valence-corrected chi connectivity index (χ2v) is 6.67. The molecule has 2 aromatic heterocycles. The molecule has 0 saturated heterocycles. The molecule has 7 heteroatoms. The third kappa shape index (κ3) is 4.61. The van der Waals surface area contributed by atoms with Crippen LogP contribution in [0.5, 0.6) is 11.5 Å². The predicted molar refractivity (Wildman–Crippen MR) is 108 cm³/mol. The van der Waals surface area contributed by atoms with Gasteiger partial charge in [0.05, 0.1) is 17.2 Å². The number of hydrogen-bond donors (Lipinski definition) is 2. The van der Waals surface area contributed by atoms with Gasteiger partial charge in [-0.25, -0.2) is 15.0 Å². The highest BCUT2D eigenvalue weighted by Crippen LogP contribution is 2.33. The molecule has 0 aliphatic heterocycles. The smallest absolute Gasteiger partial charge is 0.162 e. The Balaban J connectivity index is 2.01. The van der Waals surface area contributed by atoms with E-state index in [0.717, 1.165) is 17.1 Å². The molecule has 7 nitrogen and oxygen atoms in total. The van der Waals surface area contributed by atoms with Crippen LogP contribution in [-0.2, 0) is 6.54 Å². The van der Waals surface area contributed by atoms with Gasteiger partial charge in [0.25, 0.3) is 0 Å². The Kier molecular flexibility index (Phi) is 5.82. The molecule has 0 atom stereocenters. The summed E-state index contributed by atoms with van der Waals surface area (Å²) < 4.78 is 6.13. The molecule has 0 amide bonds. The minimum atomic E-state index is 0.245. The first-order valence-electron chi connectivity index (χ1n) is 8.97. The van der Waals surface area contributed by atoms with E-state index in [1.54, 1.807) is 30.6 Å². The first kappa shape index (κ1) is 19.3. The average molecular weight is 374 g/mol. The van der Waals surface area contributed by atoms with Gasteiger partial charge in [-0.1, -0.05) is 0 Å². The van der Waals surface area contributed by atoms with Crippen LogP contribution in [0.25, 0.3) is 11.4 Å². The second kappa shape index (κ2) is 8.46. The van der Waals surface area contributed by atoms with Crippen molar-refractivity contribution in [3.8, 4) is 29.0 Å². The summed E-state index contributed by atoms with van der Waals surface area (Å²) in [7, 11) is 0. The van der Waals surface area contributed by atoms with Crippen molar-refractivity contribution >= 4 is 5.82 Å². The van der Waals surface area contributed by atoms with Crippen LogP contribution in [0.2, 0.25) is 0 Å². The standard InChI is InChI=1S/C21H22N6O/c1-13(2)26-20-8-17(6-14(3)27-20)28-19-7-15(9-22)4-5-18(19)21-24-11-16(10-23)12-25-21/h4-8,11-13H,10,23H2,1-3H3,(H,26,27). The van der Waals surface area contributed by atoms with Crippen molar-refractivity contribution < 1.29 is 4.74 Å². The van der Waals surface area contributed by atoms with Gasteiger partial charge in [0.2, 0.25) is 0 Å². The summed E-state index contributed by atoms with van der Waals surface area (Å²) in [6.07, 6.45) is 3.37. The number of aryl methyl sites for hydroxylation is 1. The van der Waals surface area contributed by atoms with Crippen LogP contribution in [0, 0.1) is 18.3 Å². The minimum Gasteiger partial charge on any atom is -0.456 e. The molecule has 0 radical (unpaired) electrons. The van der Waals surface area contributed by atoms with E-state index in [0.29, 0.717) is 35.0 Å². The largest absolute Gasteiger partial charge is 0.456 e. The number of pyridine rings is 1. The van der Waals surface area contributed by atoms with Gasteiger partial charge >= 0.3 is 0 Å². The molecule has 0 fully saturated rings.